The Hall–Kier alpha value is -2.15. The second kappa shape index (κ2) is 10.2. The fourth-order valence-corrected chi connectivity index (χ4v) is 4.47. The molecule has 7 heteroatoms. The molecule has 0 radical (unpaired) electrons. The molecule has 30 heavy (non-hydrogen) atoms. The van der Waals surface area contributed by atoms with Crippen molar-refractivity contribution in [3.8, 4) is 5.75 Å². The third-order valence-corrected chi connectivity index (χ3v) is 6.00. The van der Waals surface area contributed by atoms with Crippen LogP contribution in [0.15, 0.2) is 36.4 Å². The number of carbonyl (C=O) groups excluding carboxylic acids is 1. The van der Waals surface area contributed by atoms with Gasteiger partial charge >= 0.3 is 0 Å². The Bertz CT molecular complexity index is 1000. The van der Waals surface area contributed by atoms with Gasteiger partial charge in [-0.1, -0.05) is 36.3 Å². The van der Waals surface area contributed by atoms with E-state index >= 15 is 0 Å². The summed E-state index contributed by atoms with van der Waals surface area (Å²) < 4.78 is 6.70. The average Bonchev–Trinajstić information content (AvgIpc) is 3.12. The lowest BCUT2D eigenvalue weighted by Crippen LogP contribution is -2.36. The number of nitrogens with zero attached hydrogens (tertiary/aromatic N) is 3. The Labute approximate surface area is 187 Å². The molecule has 0 bridgehead atoms. The number of hydrogen-bond acceptors (Lipinski definition) is 5. The highest BCUT2D eigenvalue weighted by Crippen LogP contribution is 2.33. The van der Waals surface area contributed by atoms with Gasteiger partial charge in [0.15, 0.2) is 5.13 Å². The number of anilines is 1. The molecular weight excluding hydrogens is 418 g/mol. The maximum atomic E-state index is 13.4. The van der Waals surface area contributed by atoms with Gasteiger partial charge in [-0.3, -0.25) is 9.69 Å². The van der Waals surface area contributed by atoms with Crippen LogP contribution in [0.25, 0.3) is 10.2 Å². The van der Waals surface area contributed by atoms with Crippen LogP contribution < -0.4 is 9.64 Å². The summed E-state index contributed by atoms with van der Waals surface area (Å²) in [5, 5.41) is 1.37. The third-order valence-electron chi connectivity index (χ3n) is 4.75. The molecule has 3 rings (SSSR count). The Morgan fingerprint density at radius 3 is 2.57 bits per heavy atom. The maximum absolute atomic E-state index is 13.4. The Balaban J connectivity index is 1.88. The average molecular weight is 446 g/mol. The zero-order valence-corrected chi connectivity index (χ0v) is 19.5. The van der Waals surface area contributed by atoms with Gasteiger partial charge in [-0.2, -0.15) is 0 Å². The van der Waals surface area contributed by atoms with Crippen LogP contribution in [0.2, 0.25) is 5.02 Å². The molecule has 0 saturated carbocycles. The number of carbonyl (C=O) groups is 1. The van der Waals surface area contributed by atoms with E-state index in [1.165, 1.54) is 11.3 Å². The van der Waals surface area contributed by atoms with Gasteiger partial charge in [0.1, 0.15) is 5.75 Å². The minimum Gasteiger partial charge on any atom is -0.494 e. The molecule has 5 nitrogen and oxygen atoms in total. The topological polar surface area (TPSA) is 45.7 Å². The lowest BCUT2D eigenvalue weighted by molar-refractivity contribution is 0.0985. The summed E-state index contributed by atoms with van der Waals surface area (Å²) in [5.41, 5.74) is 2.51. The summed E-state index contributed by atoms with van der Waals surface area (Å²) in [7, 11) is 3.99. The number of amides is 1. The van der Waals surface area contributed by atoms with E-state index < -0.39 is 0 Å². The van der Waals surface area contributed by atoms with Crippen molar-refractivity contribution in [3.05, 3.63) is 52.5 Å². The molecule has 1 heterocycles. The lowest BCUT2D eigenvalue weighted by Gasteiger charge is -2.22. The molecule has 0 aliphatic heterocycles. The largest absolute Gasteiger partial charge is 0.494 e. The molecule has 160 valence electrons. The smallest absolute Gasteiger partial charge is 0.260 e. The fourth-order valence-electron chi connectivity index (χ4n) is 3.03. The van der Waals surface area contributed by atoms with Gasteiger partial charge in [0.2, 0.25) is 0 Å². The normalized spacial score (nSPS) is 11.3. The highest BCUT2D eigenvalue weighted by Gasteiger charge is 2.22. The minimum atomic E-state index is -0.0697. The van der Waals surface area contributed by atoms with E-state index in [1.54, 1.807) is 4.90 Å². The van der Waals surface area contributed by atoms with Gasteiger partial charge in [-0.15, -0.1) is 0 Å². The fraction of sp³-hybridized carbons (Fsp3) is 0.391. The van der Waals surface area contributed by atoms with Crippen molar-refractivity contribution < 1.29 is 9.53 Å². The first kappa shape index (κ1) is 22.5. The van der Waals surface area contributed by atoms with Gasteiger partial charge in [0.25, 0.3) is 5.91 Å². The molecular formula is C23H28ClN3O2S. The van der Waals surface area contributed by atoms with Crippen molar-refractivity contribution in [2.24, 2.45) is 0 Å². The number of aryl methyl sites for hydroxylation is 1. The molecule has 0 aliphatic carbocycles. The minimum absolute atomic E-state index is 0.0697. The van der Waals surface area contributed by atoms with E-state index in [0.29, 0.717) is 28.9 Å². The van der Waals surface area contributed by atoms with Gasteiger partial charge in [0, 0.05) is 23.7 Å². The highest BCUT2D eigenvalue weighted by atomic mass is 35.5. The predicted molar refractivity (Wildman–Crippen MR) is 126 cm³/mol. The molecule has 0 spiro atoms. The molecule has 0 aliphatic rings. The van der Waals surface area contributed by atoms with E-state index in [0.717, 1.165) is 40.9 Å². The van der Waals surface area contributed by atoms with E-state index in [4.69, 9.17) is 21.3 Å². The van der Waals surface area contributed by atoms with Crippen LogP contribution in [0, 0.1) is 6.92 Å². The summed E-state index contributed by atoms with van der Waals surface area (Å²) in [6, 6.07) is 11.2. The quantitative estimate of drug-likeness (QED) is 0.399. The van der Waals surface area contributed by atoms with Gasteiger partial charge in [-0.25, -0.2) is 4.98 Å². The van der Waals surface area contributed by atoms with Gasteiger partial charge in [0.05, 0.1) is 16.8 Å². The van der Waals surface area contributed by atoms with Crippen molar-refractivity contribution >= 4 is 44.2 Å². The second-order valence-corrected chi connectivity index (χ2v) is 9.00. The SMILES string of the molecule is CCCCOc1ccc(C(=O)N(CCN(C)C)c2nc3c(C)cc(Cl)cc3s2)cc1. The first-order valence-electron chi connectivity index (χ1n) is 10.1. The predicted octanol–water partition coefficient (Wildman–Crippen LogP) is 5.65. The number of halogens is 1. The number of fused-ring (bicyclic) bond motifs is 1. The molecule has 0 atom stereocenters. The second-order valence-electron chi connectivity index (χ2n) is 7.55. The van der Waals surface area contributed by atoms with Crippen LogP contribution in [-0.4, -0.2) is 49.6 Å². The molecule has 0 saturated heterocycles. The van der Waals surface area contributed by atoms with E-state index in [9.17, 15) is 4.79 Å². The van der Waals surface area contributed by atoms with E-state index in [1.807, 2.05) is 57.4 Å². The van der Waals surface area contributed by atoms with Crippen LogP contribution in [0.3, 0.4) is 0 Å². The first-order valence-corrected chi connectivity index (χ1v) is 11.3. The summed E-state index contributed by atoms with van der Waals surface area (Å²) in [4.78, 5) is 21.9. The van der Waals surface area contributed by atoms with Crippen molar-refractivity contribution in [1.29, 1.82) is 0 Å². The number of hydrogen-bond donors (Lipinski definition) is 0. The maximum Gasteiger partial charge on any atom is 0.260 e. The van der Waals surface area contributed by atoms with Gasteiger partial charge < -0.3 is 9.64 Å². The number of ether oxygens (including phenoxy) is 1. The summed E-state index contributed by atoms with van der Waals surface area (Å²) in [5.74, 6) is 0.713. The number of thiazole rings is 1. The summed E-state index contributed by atoms with van der Waals surface area (Å²) in [6.07, 6.45) is 2.10. The van der Waals surface area contributed by atoms with E-state index in [2.05, 4.69) is 11.8 Å². The molecule has 0 fully saturated rings. The van der Waals surface area contributed by atoms with Crippen molar-refractivity contribution in [1.82, 2.24) is 9.88 Å². The zero-order chi connectivity index (χ0) is 21.7. The Morgan fingerprint density at radius 2 is 1.90 bits per heavy atom. The van der Waals surface area contributed by atoms with Gasteiger partial charge in [-0.05, 0) is 69.4 Å². The van der Waals surface area contributed by atoms with Crippen molar-refractivity contribution in [2.45, 2.75) is 26.7 Å². The number of likely N-dealkylation sites (N-methyl/N-ethyl adjacent to an activating group) is 1. The molecule has 0 unspecified atom stereocenters. The van der Waals surface area contributed by atoms with Crippen LogP contribution in [0.5, 0.6) is 5.75 Å². The van der Waals surface area contributed by atoms with Crippen LogP contribution >= 0.6 is 22.9 Å². The Morgan fingerprint density at radius 1 is 1.17 bits per heavy atom. The van der Waals surface area contributed by atoms with Crippen LogP contribution in [0.1, 0.15) is 35.7 Å². The number of rotatable bonds is 9. The number of unbranched alkanes of at least 4 members (excludes halogenated alkanes) is 1. The lowest BCUT2D eigenvalue weighted by atomic mass is 10.2. The van der Waals surface area contributed by atoms with Crippen molar-refractivity contribution in [3.63, 3.8) is 0 Å². The standard InChI is InChI=1S/C23H28ClN3O2S/c1-5-6-13-29-19-9-7-17(8-10-19)22(28)27(12-11-26(3)4)23-25-21-16(2)14-18(24)15-20(21)30-23/h7-10,14-15H,5-6,11-13H2,1-4H3. The number of aromatic nitrogens is 1. The molecule has 1 amide bonds. The van der Waals surface area contributed by atoms with Crippen molar-refractivity contribution in [2.75, 3.05) is 38.7 Å². The Kier molecular flexibility index (Phi) is 7.69. The third kappa shape index (κ3) is 5.50. The summed E-state index contributed by atoms with van der Waals surface area (Å²) >= 11 is 7.71. The number of benzene rings is 2. The summed E-state index contributed by atoms with van der Waals surface area (Å²) in [6.45, 7) is 6.09. The molecule has 2 aromatic carbocycles. The monoisotopic (exact) mass is 445 g/mol. The molecule has 1 aromatic heterocycles. The van der Waals surface area contributed by atoms with Crippen LogP contribution in [-0.2, 0) is 0 Å². The van der Waals surface area contributed by atoms with Crippen LogP contribution in [0.4, 0.5) is 5.13 Å². The molecule has 3 aromatic rings. The zero-order valence-electron chi connectivity index (χ0n) is 17.9. The first-order chi connectivity index (χ1) is 14.4. The molecule has 0 N–H and O–H groups in total. The van der Waals surface area contributed by atoms with E-state index in [-0.39, 0.29) is 5.91 Å². The highest BCUT2D eigenvalue weighted by molar-refractivity contribution is 7.22.